The zero-order valence-electron chi connectivity index (χ0n) is 9.86. The Bertz CT molecular complexity index is 372. The molecule has 1 saturated heterocycles. The minimum absolute atomic E-state index is 0.128. The topological polar surface area (TPSA) is 76.4 Å². The van der Waals surface area contributed by atoms with Crippen LogP contribution in [0.3, 0.4) is 0 Å². The van der Waals surface area contributed by atoms with E-state index in [1.165, 1.54) is 0 Å². The van der Waals surface area contributed by atoms with E-state index in [9.17, 15) is 4.79 Å². The van der Waals surface area contributed by atoms with E-state index in [4.69, 9.17) is 9.26 Å². The summed E-state index contributed by atoms with van der Waals surface area (Å²) in [6.07, 6.45) is 2.42. The third kappa shape index (κ3) is 3.83. The van der Waals surface area contributed by atoms with Gasteiger partial charge in [-0.15, -0.1) is 0 Å². The summed E-state index contributed by atoms with van der Waals surface area (Å²) in [5, 5.41) is 9.38. The summed E-state index contributed by atoms with van der Waals surface area (Å²) >= 11 is 0. The molecule has 0 bridgehead atoms. The molecular weight excluding hydrogens is 222 g/mol. The molecule has 1 aromatic heterocycles. The highest BCUT2D eigenvalue weighted by molar-refractivity contribution is 5.91. The predicted octanol–water partition coefficient (Wildman–Crippen LogP) is 0.690. The number of rotatable bonds is 5. The average Bonchev–Trinajstić information content (AvgIpc) is 2.90. The van der Waals surface area contributed by atoms with Crippen molar-refractivity contribution in [2.75, 3.05) is 25.0 Å². The van der Waals surface area contributed by atoms with Crippen LogP contribution in [0, 0.1) is 6.92 Å². The zero-order chi connectivity index (χ0) is 12.1. The summed E-state index contributed by atoms with van der Waals surface area (Å²) in [7, 11) is 0. The first-order valence-electron chi connectivity index (χ1n) is 5.79. The maximum atomic E-state index is 11.5. The van der Waals surface area contributed by atoms with Gasteiger partial charge in [0.25, 0.3) is 0 Å². The Morgan fingerprint density at radius 3 is 3.18 bits per heavy atom. The summed E-state index contributed by atoms with van der Waals surface area (Å²) in [5.74, 6) is 0.996. The van der Waals surface area contributed by atoms with Crippen molar-refractivity contribution in [3.05, 3.63) is 11.8 Å². The molecule has 0 saturated carbocycles. The molecule has 2 heterocycles. The highest BCUT2D eigenvalue weighted by atomic mass is 16.5. The van der Waals surface area contributed by atoms with Crippen LogP contribution < -0.4 is 10.6 Å². The monoisotopic (exact) mass is 239 g/mol. The summed E-state index contributed by atoms with van der Waals surface area (Å²) in [5.41, 5.74) is 0. The SMILES string of the molecule is Cc1cc(NC(=O)CNC[C@H]2CCCO2)no1. The van der Waals surface area contributed by atoms with Gasteiger partial charge in [0.15, 0.2) is 5.82 Å². The highest BCUT2D eigenvalue weighted by Crippen LogP contribution is 2.10. The summed E-state index contributed by atoms with van der Waals surface area (Å²) < 4.78 is 10.3. The standard InChI is InChI=1S/C11H17N3O3/c1-8-5-10(14-17-8)13-11(15)7-12-6-9-3-2-4-16-9/h5,9,12H,2-4,6-7H2,1H3,(H,13,14,15)/t9-/m1/s1. The van der Waals surface area contributed by atoms with Crippen LogP contribution in [0.15, 0.2) is 10.6 Å². The second kappa shape index (κ2) is 5.79. The van der Waals surface area contributed by atoms with Gasteiger partial charge in [0.1, 0.15) is 5.76 Å². The van der Waals surface area contributed by atoms with E-state index in [1.807, 2.05) is 0 Å². The molecule has 0 unspecified atom stereocenters. The van der Waals surface area contributed by atoms with E-state index in [1.54, 1.807) is 13.0 Å². The lowest BCUT2D eigenvalue weighted by Crippen LogP contribution is -2.33. The van der Waals surface area contributed by atoms with E-state index < -0.39 is 0 Å². The number of carbonyl (C=O) groups is 1. The molecule has 6 nitrogen and oxygen atoms in total. The fourth-order valence-electron chi connectivity index (χ4n) is 1.76. The Hall–Kier alpha value is -1.40. The van der Waals surface area contributed by atoms with Gasteiger partial charge >= 0.3 is 0 Å². The molecule has 1 fully saturated rings. The quantitative estimate of drug-likeness (QED) is 0.790. The van der Waals surface area contributed by atoms with Crippen LogP contribution in [0.4, 0.5) is 5.82 Å². The zero-order valence-corrected chi connectivity index (χ0v) is 9.86. The third-order valence-electron chi connectivity index (χ3n) is 2.58. The number of aryl methyl sites for hydroxylation is 1. The van der Waals surface area contributed by atoms with Crippen molar-refractivity contribution in [1.29, 1.82) is 0 Å². The van der Waals surface area contributed by atoms with Gasteiger partial charge in [0.05, 0.1) is 12.6 Å². The first-order valence-corrected chi connectivity index (χ1v) is 5.79. The van der Waals surface area contributed by atoms with E-state index in [0.29, 0.717) is 18.1 Å². The molecular formula is C11H17N3O3. The van der Waals surface area contributed by atoms with Crippen LogP contribution in [0.2, 0.25) is 0 Å². The third-order valence-corrected chi connectivity index (χ3v) is 2.58. The number of amides is 1. The van der Waals surface area contributed by atoms with Crippen molar-refractivity contribution < 1.29 is 14.1 Å². The normalized spacial score (nSPS) is 19.5. The number of carbonyl (C=O) groups excluding carboxylic acids is 1. The molecule has 1 amide bonds. The van der Waals surface area contributed by atoms with Gasteiger partial charge in [-0.25, -0.2) is 0 Å². The Balaban J connectivity index is 1.63. The fraction of sp³-hybridized carbons (Fsp3) is 0.636. The summed E-state index contributed by atoms with van der Waals surface area (Å²) in [4.78, 5) is 11.5. The lowest BCUT2D eigenvalue weighted by atomic mass is 10.2. The van der Waals surface area contributed by atoms with Crippen LogP contribution in [0.5, 0.6) is 0 Å². The molecule has 1 aliphatic rings. The predicted molar refractivity (Wildman–Crippen MR) is 61.7 cm³/mol. The van der Waals surface area contributed by atoms with Crippen LogP contribution in [0.1, 0.15) is 18.6 Å². The molecule has 94 valence electrons. The number of anilines is 1. The van der Waals surface area contributed by atoms with Crippen molar-refractivity contribution in [3.8, 4) is 0 Å². The van der Waals surface area contributed by atoms with Crippen LogP contribution in [-0.2, 0) is 9.53 Å². The fourth-order valence-corrected chi connectivity index (χ4v) is 1.76. The largest absolute Gasteiger partial charge is 0.377 e. The lowest BCUT2D eigenvalue weighted by Gasteiger charge is -2.09. The van der Waals surface area contributed by atoms with Crippen molar-refractivity contribution in [2.24, 2.45) is 0 Å². The molecule has 1 aromatic rings. The van der Waals surface area contributed by atoms with E-state index in [0.717, 1.165) is 19.4 Å². The minimum atomic E-state index is -0.128. The smallest absolute Gasteiger partial charge is 0.239 e. The minimum Gasteiger partial charge on any atom is -0.377 e. The van der Waals surface area contributed by atoms with Gasteiger partial charge in [0, 0.05) is 19.2 Å². The van der Waals surface area contributed by atoms with Gasteiger partial charge in [-0.05, 0) is 19.8 Å². The van der Waals surface area contributed by atoms with E-state index in [2.05, 4.69) is 15.8 Å². The number of nitrogens with one attached hydrogen (secondary N) is 2. The van der Waals surface area contributed by atoms with Crippen LogP contribution in [0.25, 0.3) is 0 Å². The average molecular weight is 239 g/mol. The van der Waals surface area contributed by atoms with Gasteiger partial charge in [-0.3, -0.25) is 4.79 Å². The van der Waals surface area contributed by atoms with E-state index in [-0.39, 0.29) is 18.6 Å². The number of hydrogen-bond acceptors (Lipinski definition) is 5. The molecule has 17 heavy (non-hydrogen) atoms. The molecule has 0 aromatic carbocycles. The maximum absolute atomic E-state index is 11.5. The van der Waals surface area contributed by atoms with Gasteiger partial charge in [0.2, 0.25) is 5.91 Å². The van der Waals surface area contributed by atoms with Gasteiger partial charge in [-0.1, -0.05) is 5.16 Å². The second-order valence-corrected chi connectivity index (χ2v) is 4.14. The number of nitrogens with zero attached hydrogens (tertiary/aromatic N) is 1. The van der Waals surface area contributed by atoms with Crippen LogP contribution in [-0.4, -0.2) is 36.9 Å². The number of ether oxygens (including phenoxy) is 1. The van der Waals surface area contributed by atoms with Gasteiger partial charge < -0.3 is 19.9 Å². The molecule has 1 atom stereocenters. The van der Waals surface area contributed by atoms with Crippen molar-refractivity contribution >= 4 is 11.7 Å². The van der Waals surface area contributed by atoms with Crippen molar-refractivity contribution in [3.63, 3.8) is 0 Å². The lowest BCUT2D eigenvalue weighted by molar-refractivity contribution is -0.115. The molecule has 0 aliphatic carbocycles. The molecule has 0 radical (unpaired) electrons. The first-order chi connectivity index (χ1) is 8.24. The van der Waals surface area contributed by atoms with Gasteiger partial charge in [-0.2, -0.15) is 0 Å². The molecule has 6 heteroatoms. The second-order valence-electron chi connectivity index (χ2n) is 4.14. The van der Waals surface area contributed by atoms with Crippen molar-refractivity contribution in [2.45, 2.75) is 25.9 Å². The Kier molecular flexibility index (Phi) is 4.11. The van der Waals surface area contributed by atoms with E-state index >= 15 is 0 Å². The number of hydrogen-bond donors (Lipinski definition) is 2. The van der Waals surface area contributed by atoms with Crippen LogP contribution >= 0.6 is 0 Å². The number of aromatic nitrogens is 1. The maximum Gasteiger partial charge on any atom is 0.239 e. The molecule has 2 rings (SSSR count). The molecule has 2 N–H and O–H groups in total. The highest BCUT2D eigenvalue weighted by Gasteiger charge is 2.15. The molecule has 1 aliphatic heterocycles. The Morgan fingerprint density at radius 2 is 2.53 bits per heavy atom. The Labute approximate surface area is 99.7 Å². The summed E-state index contributed by atoms with van der Waals surface area (Å²) in [6, 6.07) is 1.68. The molecule has 0 spiro atoms. The Morgan fingerprint density at radius 1 is 1.65 bits per heavy atom. The van der Waals surface area contributed by atoms with Crippen molar-refractivity contribution in [1.82, 2.24) is 10.5 Å². The first kappa shape index (κ1) is 12.1. The summed E-state index contributed by atoms with van der Waals surface area (Å²) in [6.45, 7) is 3.58.